The van der Waals surface area contributed by atoms with E-state index in [1.807, 2.05) is 0 Å². The summed E-state index contributed by atoms with van der Waals surface area (Å²) >= 11 is 5.29. The molecule has 0 unspecified atom stereocenters. The van der Waals surface area contributed by atoms with E-state index in [0.717, 1.165) is 17.0 Å². The summed E-state index contributed by atoms with van der Waals surface area (Å²) in [5.41, 5.74) is 0.0167. The normalized spacial score (nSPS) is 12.0. The number of nitrogens with zero attached hydrogens (tertiary/aromatic N) is 2. The molecule has 0 amide bonds. The highest BCUT2D eigenvalue weighted by molar-refractivity contribution is 7.71. The van der Waals surface area contributed by atoms with Crippen LogP contribution in [0.5, 0.6) is 0 Å². The van der Waals surface area contributed by atoms with Crippen molar-refractivity contribution >= 4 is 12.2 Å². The second kappa shape index (κ2) is 6.34. The average Bonchev–Trinajstić information content (AvgIpc) is 2.59. The molecule has 0 spiro atoms. The molecule has 17 heavy (non-hydrogen) atoms. The lowest BCUT2D eigenvalue weighted by Crippen LogP contribution is -2.24. The Labute approximate surface area is 110 Å². The van der Waals surface area contributed by atoms with Crippen LogP contribution in [0.4, 0.5) is 0 Å². The minimum atomic E-state index is 0.0167. The molecule has 0 atom stereocenters. The van der Waals surface area contributed by atoms with Crippen molar-refractivity contribution in [1.82, 2.24) is 14.8 Å². The van der Waals surface area contributed by atoms with Gasteiger partial charge in [0.05, 0.1) is 0 Å². The maximum absolute atomic E-state index is 5.29. The molecule has 0 radical (unpaired) electrons. The number of aryl methyl sites for hydroxylation is 1. The van der Waals surface area contributed by atoms with E-state index >= 15 is 0 Å². The van der Waals surface area contributed by atoms with Gasteiger partial charge in [0.1, 0.15) is 5.82 Å². The first-order valence-corrected chi connectivity index (χ1v) is 7.04. The smallest absolute Gasteiger partial charge is 0.195 e. The van der Waals surface area contributed by atoms with Gasteiger partial charge in [-0.2, -0.15) is 5.10 Å². The standard InChI is InChI=1S/C13H25N3S/c1-5-6-7-8-9-10-11-14-15-12(17)16(11)13(2,3)4/h5-10H2,1-4H3,(H,15,17). The van der Waals surface area contributed by atoms with Gasteiger partial charge in [0, 0.05) is 12.0 Å². The lowest BCUT2D eigenvalue weighted by atomic mass is 10.1. The number of hydrogen-bond acceptors (Lipinski definition) is 2. The fraction of sp³-hybridized carbons (Fsp3) is 0.846. The second-order valence-electron chi connectivity index (χ2n) is 5.62. The van der Waals surface area contributed by atoms with E-state index < -0.39 is 0 Å². The molecule has 0 aliphatic heterocycles. The Morgan fingerprint density at radius 1 is 1.18 bits per heavy atom. The number of unbranched alkanes of at least 4 members (excludes halogenated alkanes) is 4. The molecule has 0 bridgehead atoms. The number of rotatable bonds is 6. The van der Waals surface area contributed by atoms with Crippen molar-refractivity contribution in [2.24, 2.45) is 0 Å². The molecular weight excluding hydrogens is 230 g/mol. The van der Waals surface area contributed by atoms with E-state index in [0.29, 0.717) is 0 Å². The van der Waals surface area contributed by atoms with Crippen molar-refractivity contribution in [3.63, 3.8) is 0 Å². The third kappa shape index (κ3) is 4.26. The van der Waals surface area contributed by atoms with Crippen LogP contribution in [-0.4, -0.2) is 14.8 Å². The van der Waals surface area contributed by atoms with Gasteiger partial charge in [0.2, 0.25) is 0 Å². The van der Waals surface area contributed by atoms with Crippen molar-refractivity contribution in [3.8, 4) is 0 Å². The molecule has 0 saturated carbocycles. The van der Waals surface area contributed by atoms with E-state index in [2.05, 4.69) is 42.5 Å². The Bertz CT molecular complexity index is 384. The molecule has 1 heterocycles. The summed E-state index contributed by atoms with van der Waals surface area (Å²) < 4.78 is 2.88. The Balaban J connectivity index is 2.57. The molecule has 1 aromatic heterocycles. The number of aromatic nitrogens is 3. The molecule has 98 valence electrons. The molecule has 3 nitrogen and oxygen atoms in total. The maximum atomic E-state index is 5.29. The predicted molar refractivity (Wildman–Crippen MR) is 74.9 cm³/mol. The second-order valence-corrected chi connectivity index (χ2v) is 6.00. The molecular formula is C13H25N3S. The predicted octanol–water partition coefficient (Wildman–Crippen LogP) is 4.21. The Hall–Kier alpha value is -0.640. The molecule has 0 fully saturated rings. The van der Waals surface area contributed by atoms with E-state index in [1.54, 1.807) is 0 Å². The van der Waals surface area contributed by atoms with Crippen LogP contribution in [-0.2, 0) is 12.0 Å². The Morgan fingerprint density at radius 3 is 2.41 bits per heavy atom. The van der Waals surface area contributed by atoms with Crippen molar-refractivity contribution in [2.45, 2.75) is 71.8 Å². The first-order valence-electron chi connectivity index (χ1n) is 6.63. The summed E-state index contributed by atoms with van der Waals surface area (Å²) in [5, 5.41) is 7.26. The summed E-state index contributed by atoms with van der Waals surface area (Å²) in [5.74, 6) is 1.10. The van der Waals surface area contributed by atoms with Crippen molar-refractivity contribution in [1.29, 1.82) is 0 Å². The zero-order chi connectivity index (χ0) is 12.9. The van der Waals surface area contributed by atoms with Gasteiger partial charge in [0.15, 0.2) is 4.77 Å². The third-order valence-corrected chi connectivity index (χ3v) is 3.19. The van der Waals surface area contributed by atoms with Gasteiger partial charge < -0.3 is 0 Å². The minimum absolute atomic E-state index is 0.0167. The maximum Gasteiger partial charge on any atom is 0.195 e. The molecule has 0 aromatic carbocycles. The number of hydrogen-bond donors (Lipinski definition) is 1. The van der Waals surface area contributed by atoms with Crippen LogP contribution < -0.4 is 0 Å². The van der Waals surface area contributed by atoms with Gasteiger partial charge in [-0.3, -0.25) is 9.67 Å². The largest absolute Gasteiger partial charge is 0.299 e. The van der Waals surface area contributed by atoms with Crippen LogP contribution in [0.25, 0.3) is 0 Å². The van der Waals surface area contributed by atoms with Crippen LogP contribution in [0.3, 0.4) is 0 Å². The van der Waals surface area contributed by atoms with Gasteiger partial charge in [-0.05, 0) is 39.4 Å². The molecule has 1 rings (SSSR count). The number of H-pyrrole nitrogens is 1. The monoisotopic (exact) mass is 255 g/mol. The van der Waals surface area contributed by atoms with Crippen LogP contribution in [0.2, 0.25) is 0 Å². The van der Waals surface area contributed by atoms with Crippen molar-refractivity contribution < 1.29 is 0 Å². The minimum Gasteiger partial charge on any atom is -0.299 e. The average molecular weight is 255 g/mol. The van der Waals surface area contributed by atoms with Crippen LogP contribution in [0, 0.1) is 4.77 Å². The SMILES string of the molecule is CCCCCCCc1n[nH]c(=S)n1C(C)(C)C. The highest BCUT2D eigenvalue weighted by Gasteiger charge is 2.18. The summed E-state index contributed by atoms with van der Waals surface area (Å²) in [4.78, 5) is 0. The fourth-order valence-electron chi connectivity index (χ4n) is 2.08. The Morgan fingerprint density at radius 2 is 1.82 bits per heavy atom. The van der Waals surface area contributed by atoms with Crippen LogP contribution in [0.1, 0.15) is 65.6 Å². The van der Waals surface area contributed by atoms with Crippen LogP contribution >= 0.6 is 12.2 Å². The highest BCUT2D eigenvalue weighted by Crippen LogP contribution is 2.18. The van der Waals surface area contributed by atoms with Gasteiger partial charge in [0.25, 0.3) is 0 Å². The van der Waals surface area contributed by atoms with E-state index in [4.69, 9.17) is 12.2 Å². The van der Waals surface area contributed by atoms with Crippen molar-refractivity contribution in [2.75, 3.05) is 0 Å². The van der Waals surface area contributed by atoms with E-state index in [1.165, 1.54) is 32.1 Å². The van der Waals surface area contributed by atoms with Crippen LogP contribution in [0.15, 0.2) is 0 Å². The number of aromatic amines is 1. The highest BCUT2D eigenvalue weighted by atomic mass is 32.1. The molecule has 0 aliphatic rings. The summed E-state index contributed by atoms with van der Waals surface area (Å²) in [6.07, 6.45) is 7.48. The molecule has 0 saturated heterocycles. The first kappa shape index (κ1) is 14.4. The molecule has 4 heteroatoms. The lowest BCUT2D eigenvalue weighted by molar-refractivity contribution is 0.375. The zero-order valence-electron chi connectivity index (χ0n) is 11.5. The third-order valence-electron chi connectivity index (χ3n) is 2.92. The van der Waals surface area contributed by atoms with Gasteiger partial charge in [-0.15, -0.1) is 0 Å². The zero-order valence-corrected chi connectivity index (χ0v) is 12.4. The van der Waals surface area contributed by atoms with Gasteiger partial charge >= 0.3 is 0 Å². The summed E-state index contributed by atoms with van der Waals surface area (Å²) in [7, 11) is 0. The quantitative estimate of drug-likeness (QED) is 0.610. The first-order chi connectivity index (χ1) is 7.96. The topological polar surface area (TPSA) is 33.6 Å². The molecule has 0 aliphatic carbocycles. The van der Waals surface area contributed by atoms with E-state index in [9.17, 15) is 0 Å². The molecule has 1 aromatic rings. The number of nitrogens with one attached hydrogen (secondary N) is 1. The fourth-order valence-corrected chi connectivity index (χ4v) is 2.50. The molecule has 1 N–H and O–H groups in total. The van der Waals surface area contributed by atoms with Gasteiger partial charge in [-0.25, -0.2) is 0 Å². The Kier molecular flexibility index (Phi) is 5.37. The van der Waals surface area contributed by atoms with Crippen molar-refractivity contribution in [3.05, 3.63) is 10.6 Å². The lowest BCUT2D eigenvalue weighted by Gasteiger charge is -2.22. The summed E-state index contributed by atoms with van der Waals surface area (Å²) in [6.45, 7) is 8.74. The van der Waals surface area contributed by atoms with E-state index in [-0.39, 0.29) is 5.54 Å². The summed E-state index contributed by atoms with van der Waals surface area (Å²) in [6, 6.07) is 0. The van der Waals surface area contributed by atoms with Gasteiger partial charge in [-0.1, -0.05) is 32.6 Å².